The van der Waals surface area contributed by atoms with Gasteiger partial charge in [-0.15, -0.1) is 23.7 Å². The van der Waals surface area contributed by atoms with Crippen molar-refractivity contribution in [3.8, 4) is 0 Å². The number of thiophene rings is 1. The molecule has 22 heavy (non-hydrogen) atoms. The molecule has 1 unspecified atom stereocenters. The number of halogens is 2. The lowest BCUT2D eigenvalue weighted by Gasteiger charge is -2.23. The van der Waals surface area contributed by atoms with E-state index in [0.29, 0.717) is 22.4 Å². The Morgan fingerprint density at radius 2 is 2.18 bits per heavy atom. The van der Waals surface area contributed by atoms with E-state index >= 15 is 0 Å². The first kappa shape index (κ1) is 18.8. The van der Waals surface area contributed by atoms with E-state index in [0.717, 1.165) is 4.70 Å². The predicted molar refractivity (Wildman–Crippen MR) is 90.4 cm³/mol. The van der Waals surface area contributed by atoms with Gasteiger partial charge in [0.15, 0.2) is 0 Å². The molecule has 0 bridgehead atoms. The summed E-state index contributed by atoms with van der Waals surface area (Å²) in [5, 5.41) is 0.474. The molecule has 1 heterocycles. The highest BCUT2D eigenvalue weighted by atomic mass is 35.5. The number of carbonyl (C=O) groups excluding carboxylic acids is 1. The number of fused-ring (bicyclic) bond motifs is 1. The standard InChI is InChI=1S/C15H19FN2O2S.ClH/c1-9(7-17)18(2)15(19)14-10(8-20-3)13-11(16)5-4-6-12(13)21-14;/h4-6,9H,7-8,17H2,1-3H3;1H. The number of benzene rings is 1. The van der Waals surface area contributed by atoms with Gasteiger partial charge in [-0.1, -0.05) is 6.07 Å². The van der Waals surface area contributed by atoms with Crippen LogP contribution in [-0.4, -0.2) is 37.6 Å². The molecule has 1 atom stereocenters. The fraction of sp³-hybridized carbons (Fsp3) is 0.400. The van der Waals surface area contributed by atoms with Gasteiger partial charge in [-0.05, 0) is 19.1 Å². The highest BCUT2D eigenvalue weighted by Gasteiger charge is 2.24. The molecule has 0 fully saturated rings. The summed E-state index contributed by atoms with van der Waals surface area (Å²) < 4.78 is 20.0. The summed E-state index contributed by atoms with van der Waals surface area (Å²) >= 11 is 1.29. The summed E-state index contributed by atoms with van der Waals surface area (Å²) in [6, 6.07) is 4.77. The van der Waals surface area contributed by atoms with Crippen LogP contribution in [0.5, 0.6) is 0 Å². The van der Waals surface area contributed by atoms with Crippen molar-refractivity contribution < 1.29 is 13.9 Å². The molecule has 0 saturated heterocycles. The molecule has 0 saturated carbocycles. The van der Waals surface area contributed by atoms with Crippen LogP contribution in [0, 0.1) is 5.82 Å². The van der Waals surface area contributed by atoms with Crippen LogP contribution in [0.3, 0.4) is 0 Å². The quantitative estimate of drug-likeness (QED) is 0.905. The number of nitrogens with two attached hydrogens (primary N) is 1. The van der Waals surface area contributed by atoms with Gasteiger partial charge >= 0.3 is 0 Å². The molecular formula is C15H20ClFN2O2S. The lowest BCUT2D eigenvalue weighted by molar-refractivity contribution is 0.0749. The summed E-state index contributed by atoms with van der Waals surface area (Å²) in [6.07, 6.45) is 0. The second-order valence-corrected chi connectivity index (χ2v) is 6.01. The molecule has 4 nitrogen and oxygen atoms in total. The second kappa shape index (κ2) is 7.87. The molecule has 0 radical (unpaired) electrons. The molecule has 0 spiro atoms. The van der Waals surface area contributed by atoms with Crippen LogP contribution in [-0.2, 0) is 11.3 Å². The van der Waals surface area contributed by atoms with E-state index in [9.17, 15) is 9.18 Å². The normalized spacial score (nSPS) is 12.0. The lowest BCUT2D eigenvalue weighted by Crippen LogP contribution is -2.39. The van der Waals surface area contributed by atoms with Gasteiger partial charge in [0.05, 0.1) is 11.5 Å². The number of methoxy groups -OCH3 is 1. The van der Waals surface area contributed by atoms with Gasteiger partial charge in [-0.2, -0.15) is 0 Å². The average Bonchev–Trinajstić information content (AvgIpc) is 2.85. The molecule has 1 amide bonds. The van der Waals surface area contributed by atoms with Crippen molar-refractivity contribution >= 4 is 39.7 Å². The second-order valence-electron chi connectivity index (χ2n) is 4.96. The zero-order valence-electron chi connectivity index (χ0n) is 12.8. The van der Waals surface area contributed by atoms with Crippen LogP contribution in [0.25, 0.3) is 10.1 Å². The maximum absolute atomic E-state index is 14.1. The van der Waals surface area contributed by atoms with Crippen LogP contribution in [0.15, 0.2) is 18.2 Å². The zero-order chi connectivity index (χ0) is 15.6. The van der Waals surface area contributed by atoms with E-state index in [1.807, 2.05) is 13.0 Å². The van der Waals surface area contributed by atoms with Gasteiger partial charge in [0.25, 0.3) is 5.91 Å². The summed E-state index contributed by atoms with van der Waals surface area (Å²) in [7, 11) is 3.24. The van der Waals surface area contributed by atoms with Crippen molar-refractivity contribution in [1.82, 2.24) is 4.90 Å². The maximum Gasteiger partial charge on any atom is 0.264 e. The van der Waals surface area contributed by atoms with Crippen molar-refractivity contribution in [2.45, 2.75) is 19.6 Å². The number of rotatable bonds is 5. The Labute approximate surface area is 139 Å². The Balaban J connectivity index is 0.00000242. The number of likely N-dealkylation sites (N-methyl/N-ethyl adjacent to an activating group) is 1. The van der Waals surface area contributed by atoms with Gasteiger partial charge in [-0.3, -0.25) is 4.79 Å². The van der Waals surface area contributed by atoms with Gasteiger partial charge in [0.1, 0.15) is 5.82 Å². The highest BCUT2D eigenvalue weighted by Crippen LogP contribution is 2.34. The van der Waals surface area contributed by atoms with E-state index in [4.69, 9.17) is 10.5 Å². The third-order valence-corrected chi connectivity index (χ3v) is 4.75. The van der Waals surface area contributed by atoms with E-state index in [2.05, 4.69) is 0 Å². The fourth-order valence-electron chi connectivity index (χ4n) is 2.14. The first-order valence-electron chi connectivity index (χ1n) is 6.67. The Kier molecular flexibility index (Phi) is 6.74. The number of nitrogens with zero attached hydrogens (tertiary/aromatic N) is 1. The third kappa shape index (κ3) is 3.41. The molecule has 0 aliphatic rings. The Bertz CT molecular complexity index is 662. The minimum Gasteiger partial charge on any atom is -0.380 e. The minimum atomic E-state index is -0.329. The molecule has 2 N–H and O–H groups in total. The molecule has 2 aromatic rings. The van der Waals surface area contributed by atoms with Crippen molar-refractivity contribution in [3.05, 3.63) is 34.5 Å². The smallest absolute Gasteiger partial charge is 0.264 e. The summed E-state index contributed by atoms with van der Waals surface area (Å²) in [4.78, 5) is 14.7. The SMILES string of the molecule is COCc1c(C(=O)N(C)C(C)CN)sc2cccc(F)c12.Cl. The molecule has 1 aromatic carbocycles. The van der Waals surface area contributed by atoms with Gasteiger partial charge in [0.2, 0.25) is 0 Å². The maximum atomic E-state index is 14.1. The van der Waals surface area contributed by atoms with E-state index < -0.39 is 0 Å². The molecule has 7 heteroatoms. The Morgan fingerprint density at radius 3 is 2.77 bits per heavy atom. The summed E-state index contributed by atoms with van der Waals surface area (Å²) in [6.45, 7) is 2.45. The minimum absolute atomic E-state index is 0. The Morgan fingerprint density at radius 1 is 1.50 bits per heavy atom. The van der Waals surface area contributed by atoms with E-state index in [1.165, 1.54) is 24.5 Å². The molecule has 2 rings (SSSR count). The van der Waals surface area contributed by atoms with Crippen molar-refractivity contribution in [2.24, 2.45) is 5.73 Å². The Hall–Kier alpha value is -1.21. The number of hydrogen-bond donors (Lipinski definition) is 1. The van der Waals surface area contributed by atoms with Crippen molar-refractivity contribution in [1.29, 1.82) is 0 Å². The van der Waals surface area contributed by atoms with Crippen LogP contribution < -0.4 is 5.73 Å². The predicted octanol–water partition coefficient (Wildman–Crippen LogP) is 3.03. The summed E-state index contributed by atoms with van der Waals surface area (Å²) in [5.41, 5.74) is 6.22. The van der Waals surface area contributed by atoms with Gasteiger partial charge in [0, 0.05) is 42.4 Å². The van der Waals surface area contributed by atoms with Crippen LogP contribution in [0.2, 0.25) is 0 Å². The largest absolute Gasteiger partial charge is 0.380 e. The number of carbonyl (C=O) groups is 1. The van der Waals surface area contributed by atoms with Crippen molar-refractivity contribution in [2.75, 3.05) is 20.7 Å². The fourth-order valence-corrected chi connectivity index (χ4v) is 3.35. The number of ether oxygens (including phenoxy) is 1. The number of hydrogen-bond acceptors (Lipinski definition) is 4. The molecule has 0 aliphatic carbocycles. The first-order valence-corrected chi connectivity index (χ1v) is 7.49. The van der Waals surface area contributed by atoms with Crippen LogP contribution >= 0.6 is 23.7 Å². The van der Waals surface area contributed by atoms with Crippen molar-refractivity contribution in [3.63, 3.8) is 0 Å². The monoisotopic (exact) mass is 346 g/mol. The topological polar surface area (TPSA) is 55.6 Å². The third-order valence-electron chi connectivity index (χ3n) is 3.57. The molecule has 122 valence electrons. The first-order chi connectivity index (χ1) is 10.0. The highest BCUT2D eigenvalue weighted by molar-refractivity contribution is 7.21. The van der Waals surface area contributed by atoms with Gasteiger partial charge < -0.3 is 15.4 Å². The zero-order valence-corrected chi connectivity index (χ0v) is 14.4. The van der Waals surface area contributed by atoms with Crippen LogP contribution in [0.4, 0.5) is 4.39 Å². The summed E-state index contributed by atoms with van der Waals surface area (Å²) in [5.74, 6) is -0.482. The van der Waals surface area contributed by atoms with E-state index in [1.54, 1.807) is 18.0 Å². The van der Waals surface area contributed by atoms with E-state index in [-0.39, 0.29) is 36.8 Å². The lowest BCUT2D eigenvalue weighted by atomic mass is 10.1. The van der Waals surface area contributed by atoms with Gasteiger partial charge in [-0.25, -0.2) is 4.39 Å². The number of amides is 1. The molecular weight excluding hydrogens is 327 g/mol. The molecule has 0 aliphatic heterocycles. The molecule has 1 aromatic heterocycles. The van der Waals surface area contributed by atoms with Crippen LogP contribution in [0.1, 0.15) is 22.2 Å². The average molecular weight is 347 g/mol.